The van der Waals surface area contributed by atoms with E-state index in [4.69, 9.17) is 5.73 Å². The lowest BCUT2D eigenvalue weighted by atomic mass is 9.88. The van der Waals surface area contributed by atoms with Crippen molar-refractivity contribution in [2.75, 3.05) is 6.54 Å². The zero-order valence-electron chi connectivity index (χ0n) is 15.1. The van der Waals surface area contributed by atoms with Crippen LogP contribution < -0.4 is 11.1 Å². The molecular formula is C16H22N6O3S. The molecule has 0 aliphatic carbocycles. The summed E-state index contributed by atoms with van der Waals surface area (Å²) in [5, 5.41) is 22.5. The number of nitro benzene ring substituents is 1. The van der Waals surface area contributed by atoms with Crippen LogP contribution in [0.25, 0.3) is 0 Å². The SMILES string of the molecule is CC(C)C(C)(CN)NC(=O)c1ccc(Sc2nncn2C)c([N+](=O)[O-])c1. The van der Waals surface area contributed by atoms with E-state index in [1.807, 2.05) is 20.8 Å². The molecule has 1 unspecified atom stereocenters. The maximum absolute atomic E-state index is 12.6. The highest BCUT2D eigenvalue weighted by atomic mass is 32.2. The van der Waals surface area contributed by atoms with Gasteiger partial charge in [-0.3, -0.25) is 14.9 Å². The smallest absolute Gasteiger partial charge is 0.284 e. The maximum atomic E-state index is 12.6. The van der Waals surface area contributed by atoms with Gasteiger partial charge in [0.2, 0.25) is 0 Å². The predicted molar refractivity (Wildman–Crippen MR) is 98.0 cm³/mol. The fraction of sp³-hybridized carbons (Fsp3) is 0.438. The number of aryl methyl sites for hydroxylation is 1. The highest BCUT2D eigenvalue weighted by Crippen LogP contribution is 2.34. The van der Waals surface area contributed by atoms with Crippen LogP contribution in [0.1, 0.15) is 31.1 Å². The highest BCUT2D eigenvalue weighted by molar-refractivity contribution is 7.99. The summed E-state index contributed by atoms with van der Waals surface area (Å²) < 4.78 is 1.66. The van der Waals surface area contributed by atoms with Gasteiger partial charge < -0.3 is 15.6 Å². The molecule has 140 valence electrons. The fourth-order valence-electron chi connectivity index (χ4n) is 2.11. The van der Waals surface area contributed by atoms with Gasteiger partial charge in [0.15, 0.2) is 5.16 Å². The second-order valence-corrected chi connectivity index (χ2v) is 7.51. The molecule has 10 heteroatoms. The van der Waals surface area contributed by atoms with Crippen LogP contribution in [-0.4, -0.2) is 37.7 Å². The Morgan fingerprint density at radius 1 is 1.50 bits per heavy atom. The Morgan fingerprint density at radius 3 is 2.69 bits per heavy atom. The fourth-order valence-corrected chi connectivity index (χ4v) is 2.96. The molecule has 0 radical (unpaired) electrons. The van der Waals surface area contributed by atoms with Crippen LogP contribution >= 0.6 is 11.8 Å². The molecule has 26 heavy (non-hydrogen) atoms. The Hall–Kier alpha value is -2.46. The molecule has 0 spiro atoms. The third-order valence-electron chi connectivity index (χ3n) is 4.39. The average molecular weight is 378 g/mol. The summed E-state index contributed by atoms with van der Waals surface area (Å²) in [6, 6.07) is 4.37. The Labute approximate surface area is 155 Å². The Bertz CT molecular complexity index is 822. The minimum Gasteiger partial charge on any atom is -0.345 e. The van der Waals surface area contributed by atoms with Gasteiger partial charge in [-0.2, -0.15) is 0 Å². The van der Waals surface area contributed by atoms with Crippen LogP contribution in [0.15, 0.2) is 34.6 Å². The van der Waals surface area contributed by atoms with Gasteiger partial charge in [0, 0.05) is 25.2 Å². The van der Waals surface area contributed by atoms with Gasteiger partial charge >= 0.3 is 0 Å². The number of carbonyl (C=O) groups excluding carboxylic acids is 1. The van der Waals surface area contributed by atoms with E-state index in [0.29, 0.717) is 10.1 Å². The summed E-state index contributed by atoms with van der Waals surface area (Å²) in [4.78, 5) is 23.9. The summed E-state index contributed by atoms with van der Waals surface area (Å²) in [5.41, 5.74) is 5.23. The number of hydrogen-bond acceptors (Lipinski definition) is 7. The first-order valence-electron chi connectivity index (χ1n) is 8.01. The van der Waals surface area contributed by atoms with Gasteiger partial charge in [0.25, 0.3) is 11.6 Å². The topological polar surface area (TPSA) is 129 Å². The van der Waals surface area contributed by atoms with Gasteiger partial charge in [-0.25, -0.2) is 0 Å². The monoisotopic (exact) mass is 378 g/mol. The van der Waals surface area contributed by atoms with Gasteiger partial charge in [0.1, 0.15) is 6.33 Å². The molecule has 2 aromatic rings. The van der Waals surface area contributed by atoms with E-state index >= 15 is 0 Å². The standard InChI is InChI=1S/C16H22N6O3S/c1-10(2)16(3,8-17)19-14(23)11-5-6-13(12(7-11)22(24)25)26-15-20-18-9-21(15)4/h5-7,9-10H,8,17H2,1-4H3,(H,19,23). The number of nitrogens with zero attached hydrogens (tertiary/aromatic N) is 4. The average Bonchev–Trinajstić information content (AvgIpc) is 2.99. The van der Waals surface area contributed by atoms with E-state index in [-0.39, 0.29) is 23.7 Å². The highest BCUT2D eigenvalue weighted by Gasteiger charge is 2.29. The normalized spacial score (nSPS) is 13.5. The molecule has 0 bridgehead atoms. The molecule has 9 nitrogen and oxygen atoms in total. The molecular weight excluding hydrogens is 356 g/mol. The molecule has 3 N–H and O–H groups in total. The summed E-state index contributed by atoms with van der Waals surface area (Å²) in [5.74, 6) is -0.290. The van der Waals surface area contributed by atoms with Crippen molar-refractivity contribution in [1.82, 2.24) is 20.1 Å². The summed E-state index contributed by atoms with van der Waals surface area (Å²) in [6.07, 6.45) is 1.51. The Morgan fingerprint density at radius 2 is 2.19 bits per heavy atom. The Balaban J connectivity index is 2.31. The van der Waals surface area contributed by atoms with E-state index in [9.17, 15) is 14.9 Å². The van der Waals surface area contributed by atoms with Crippen molar-refractivity contribution in [3.63, 3.8) is 0 Å². The lowest BCUT2D eigenvalue weighted by Gasteiger charge is -2.33. The summed E-state index contributed by atoms with van der Waals surface area (Å²) in [6.45, 7) is 6.02. The molecule has 2 rings (SSSR count). The van der Waals surface area contributed by atoms with Gasteiger partial charge in [-0.1, -0.05) is 13.8 Å². The lowest BCUT2D eigenvalue weighted by molar-refractivity contribution is -0.387. The number of hydrogen-bond donors (Lipinski definition) is 2. The van der Waals surface area contributed by atoms with Crippen molar-refractivity contribution in [3.05, 3.63) is 40.2 Å². The van der Waals surface area contributed by atoms with Crippen molar-refractivity contribution < 1.29 is 9.72 Å². The van der Waals surface area contributed by atoms with Crippen LogP contribution in [0.4, 0.5) is 5.69 Å². The lowest BCUT2D eigenvalue weighted by Crippen LogP contribution is -2.55. The molecule has 1 heterocycles. The molecule has 0 aliphatic heterocycles. The van der Waals surface area contributed by atoms with Crippen molar-refractivity contribution in [1.29, 1.82) is 0 Å². The largest absolute Gasteiger partial charge is 0.345 e. The molecule has 1 atom stereocenters. The van der Waals surface area contributed by atoms with Crippen LogP contribution in [-0.2, 0) is 7.05 Å². The molecule has 0 saturated carbocycles. The molecule has 0 saturated heterocycles. The first-order valence-corrected chi connectivity index (χ1v) is 8.82. The van der Waals surface area contributed by atoms with E-state index in [2.05, 4.69) is 15.5 Å². The van der Waals surface area contributed by atoms with Gasteiger partial charge in [-0.05, 0) is 36.7 Å². The first kappa shape index (κ1) is 19.9. The number of amides is 1. The predicted octanol–water partition coefficient (Wildman–Crippen LogP) is 1.98. The van der Waals surface area contributed by atoms with E-state index in [1.165, 1.54) is 12.4 Å². The van der Waals surface area contributed by atoms with Crippen molar-refractivity contribution in [2.24, 2.45) is 18.7 Å². The molecule has 1 aromatic heterocycles. The molecule has 1 aromatic carbocycles. The third kappa shape index (κ3) is 4.20. The number of aromatic nitrogens is 3. The van der Waals surface area contributed by atoms with Crippen molar-refractivity contribution in [3.8, 4) is 0 Å². The van der Waals surface area contributed by atoms with Gasteiger partial charge in [0.05, 0.1) is 15.4 Å². The Kier molecular flexibility index (Phi) is 5.98. The second kappa shape index (κ2) is 7.83. The third-order valence-corrected chi connectivity index (χ3v) is 5.50. The summed E-state index contributed by atoms with van der Waals surface area (Å²) >= 11 is 1.11. The maximum Gasteiger partial charge on any atom is 0.284 e. The number of carbonyl (C=O) groups is 1. The number of nitrogens with one attached hydrogen (secondary N) is 1. The molecule has 0 fully saturated rings. The zero-order valence-corrected chi connectivity index (χ0v) is 15.9. The van der Waals surface area contributed by atoms with Crippen molar-refractivity contribution >= 4 is 23.4 Å². The van der Waals surface area contributed by atoms with Crippen molar-refractivity contribution in [2.45, 2.75) is 36.4 Å². The van der Waals surface area contributed by atoms with Crippen LogP contribution in [0.2, 0.25) is 0 Å². The number of rotatable bonds is 7. The van der Waals surface area contributed by atoms with Gasteiger partial charge in [-0.15, -0.1) is 10.2 Å². The number of nitrogens with two attached hydrogens (primary N) is 1. The number of benzene rings is 1. The minimum absolute atomic E-state index is 0.108. The van der Waals surface area contributed by atoms with E-state index in [0.717, 1.165) is 11.8 Å². The van der Waals surface area contributed by atoms with Crippen LogP contribution in [0.3, 0.4) is 0 Å². The van der Waals surface area contributed by atoms with Crippen LogP contribution in [0, 0.1) is 16.0 Å². The molecule has 1 amide bonds. The van der Waals surface area contributed by atoms with E-state index in [1.54, 1.807) is 23.7 Å². The summed E-state index contributed by atoms with van der Waals surface area (Å²) in [7, 11) is 1.75. The van der Waals surface area contributed by atoms with E-state index < -0.39 is 16.4 Å². The van der Waals surface area contributed by atoms with Crippen LogP contribution in [0.5, 0.6) is 0 Å². The zero-order chi connectivity index (χ0) is 19.5. The minimum atomic E-state index is -0.599. The number of nitro groups is 1. The first-order chi connectivity index (χ1) is 12.2. The molecule has 0 aliphatic rings. The second-order valence-electron chi connectivity index (χ2n) is 6.50. The quantitative estimate of drug-likeness (QED) is 0.556.